The Morgan fingerprint density at radius 1 is 1.53 bits per heavy atom. The third kappa shape index (κ3) is 3.15. The van der Waals surface area contributed by atoms with Crippen LogP contribution in [0, 0.1) is 0 Å². The largest absolute Gasteiger partial charge is 0.476 e. The lowest BCUT2D eigenvalue weighted by molar-refractivity contribution is 0.0944. The van der Waals surface area contributed by atoms with Crippen molar-refractivity contribution < 1.29 is 13.9 Å². The van der Waals surface area contributed by atoms with Crippen LogP contribution >= 0.6 is 0 Å². The monoisotopic (exact) mass is 263 g/mol. The van der Waals surface area contributed by atoms with Crippen molar-refractivity contribution in [3.8, 4) is 5.88 Å². The summed E-state index contributed by atoms with van der Waals surface area (Å²) in [6, 6.07) is 3.58. The summed E-state index contributed by atoms with van der Waals surface area (Å²) in [6.45, 7) is 5.31. The lowest BCUT2D eigenvalue weighted by Gasteiger charge is -2.03. The van der Waals surface area contributed by atoms with Crippen LogP contribution in [0.2, 0.25) is 0 Å². The molecule has 1 N–H and O–H groups in total. The van der Waals surface area contributed by atoms with Crippen LogP contribution in [-0.4, -0.2) is 22.3 Å². The maximum atomic E-state index is 12.1. The predicted molar refractivity (Wildman–Crippen MR) is 68.9 cm³/mol. The fraction of sp³-hybridized carbons (Fsp3) is 0.385. The molecule has 2 aromatic heterocycles. The Hall–Kier alpha value is -2.24. The van der Waals surface area contributed by atoms with Gasteiger partial charge in [0.15, 0.2) is 0 Å². The highest BCUT2D eigenvalue weighted by Crippen LogP contribution is 2.16. The van der Waals surface area contributed by atoms with Crippen molar-refractivity contribution in [3.05, 3.63) is 35.9 Å². The van der Waals surface area contributed by atoms with Crippen LogP contribution in [0.4, 0.5) is 0 Å². The molecule has 0 aromatic carbocycles. The van der Waals surface area contributed by atoms with Crippen LogP contribution in [0.1, 0.15) is 30.0 Å². The molecule has 19 heavy (non-hydrogen) atoms. The summed E-state index contributed by atoms with van der Waals surface area (Å²) in [5.41, 5.74) is 0.440. The predicted octanol–water partition coefficient (Wildman–Crippen LogP) is 1.82. The second-order valence-corrected chi connectivity index (χ2v) is 3.90. The van der Waals surface area contributed by atoms with Crippen LogP contribution in [0.25, 0.3) is 0 Å². The van der Waals surface area contributed by atoms with Crippen LogP contribution in [-0.2, 0) is 13.1 Å². The molecular formula is C13H17N3O3. The number of carbonyl (C=O) groups is 1. The molecule has 0 aliphatic heterocycles. The van der Waals surface area contributed by atoms with Crippen LogP contribution in [0.5, 0.6) is 5.88 Å². The van der Waals surface area contributed by atoms with Gasteiger partial charge in [-0.05, 0) is 26.0 Å². The first kappa shape index (κ1) is 13.2. The minimum Gasteiger partial charge on any atom is -0.476 e. The molecule has 0 aliphatic rings. The van der Waals surface area contributed by atoms with Gasteiger partial charge in [-0.2, -0.15) is 0 Å². The zero-order chi connectivity index (χ0) is 13.7. The van der Waals surface area contributed by atoms with E-state index in [1.54, 1.807) is 29.3 Å². The molecule has 0 atom stereocenters. The van der Waals surface area contributed by atoms with E-state index < -0.39 is 0 Å². The van der Waals surface area contributed by atoms with Crippen LogP contribution in [0.3, 0.4) is 0 Å². The normalized spacial score (nSPS) is 10.4. The number of furan rings is 1. The van der Waals surface area contributed by atoms with E-state index in [1.807, 2.05) is 13.8 Å². The van der Waals surface area contributed by atoms with E-state index >= 15 is 0 Å². The van der Waals surface area contributed by atoms with E-state index in [-0.39, 0.29) is 5.91 Å². The number of amides is 1. The first-order valence-electron chi connectivity index (χ1n) is 6.25. The van der Waals surface area contributed by atoms with Gasteiger partial charge in [0.25, 0.3) is 5.91 Å². The van der Waals surface area contributed by atoms with Gasteiger partial charge in [-0.3, -0.25) is 9.48 Å². The van der Waals surface area contributed by atoms with Gasteiger partial charge >= 0.3 is 0 Å². The van der Waals surface area contributed by atoms with Gasteiger partial charge in [-0.25, -0.2) is 0 Å². The Kier molecular flexibility index (Phi) is 4.22. The molecule has 0 fully saturated rings. The molecule has 0 bridgehead atoms. The van der Waals surface area contributed by atoms with E-state index in [9.17, 15) is 4.79 Å². The molecule has 0 saturated carbocycles. The molecule has 0 saturated heterocycles. The second kappa shape index (κ2) is 6.08. The number of carbonyl (C=O) groups excluding carboxylic acids is 1. The summed E-state index contributed by atoms with van der Waals surface area (Å²) >= 11 is 0. The number of nitrogens with one attached hydrogen (secondary N) is 1. The van der Waals surface area contributed by atoms with Gasteiger partial charge in [0, 0.05) is 12.7 Å². The SMILES string of the molecule is CCOc1nn(CC)cc1C(=O)NCc1ccco1. The van der Waals surface area contributed by atoms with Crippen LogP contribution < -0.4 is 10.1 Å². The average Bonchev–Trinajstić information content (AvgIpc) is 3.05. The molecule has 0 radical (unpaired) electrons. The van der Waals surface area contributed by atoms with Crippen molar-refractivity contribution in [2.45, 2.75) is 26.9 Å². The Labute approximate surface area is 111 Å². The van der Waals surface area contributed by atoms with Crippen molar-refractivity contribution in [1.29, 1.82) is 0 Å². The minimum absolute atomic E-state index is 0.223. The topological polar surface area (TPSA) is 69.3 Å². The summed E-state index contributed by atoms with van der Waals surface area (Å²) in [6.07, 6.45) is 3.25. The molecule has 2 rings (SSSR count). The van der Waals surface area contributed by atoms with Gasteiger partial charge in [-0.1, -0.05) is 0 Å². The maximum Gasteiger partial charge on any atom is 0.258 e. The lowest BCUT2D eigenvalue weighted by Crippen LogP contribution is -2.22. The van der Waals surface area contributed by atoms with Crippen molar-refractivity contribution in [3.63, 3.8) is 0 Å². The third-order valence-electron chi connectivity index (χ3n) is 2.58. The molecule has 2 aromatic rings. The second-order valence-electron chi connectivity index (χ2n) is 3.90. The highest BCUT2D eigenvalue weighted by Gasteiger charge is 2.17. The highest BCUT2D eigenvalue weighted by molar-refractivity contribution is 5.96. The van der Waals surface area contributed by atoms with Crippen molar-refractivity contribution >= 4 is 5.91 Å². The molecule has 1 amide bonds. The van der Waals surface area contributed by atoms with E-state index in [0.29, 0.717) is 36.9 Å². The summed E-state index contributed by atoms with van der Waals surface area (Å²) in [4.78, 5) is 12.1. The van der Waals surface area contributed by atoms with E-state index in [0.717, 1.165) is 0 Å². The molecule has 0 unspecified atom stereocenters. The Balaban J connectivity index is 2.06. The summed E-state index contributed by atoms with van der Waals surface area (Å²) in [5.74, 6) is 0.843. The van der Waals surface area contributed by atoms with Crippen LogP contribution in [0.15, 0.2) is 29.0 Å². The maximum absolute atomic E-state index is 12.1. The lowest BCUT2D eigenvalue weighted by atomic mass is 10.3. The highest BCUT2D eigenvalue weighted by atomic mass is 16.5. The molecule has 6 heteroatoms. The zero-order valence-electron chi connectivity index (χ0n) is 11.0. The van der Waals surface area contributed by atoms with Gasteiger partial charge < -0.3 is 14.5 Å². The van der Waals surface area contributed by atoms with E-state index in [4.69, 9.17) is 9.15 Å². The van der Waals surface area contributed by atoms with Crippen molar-refractivity contribution in [2.75, 3.05) is 6.61 Å². The minimum atomic E-state index is -0.223. The summed E-state index contributed by atoms with van der Waals surface area (Å²) in [5, 5.41) is 6.97. The quantitative estimate of drug-likeness (QED) is 0.863. The fourth-order valence-electron chi connectivity index (χ4n) is 1.64. The first-order valence-corrected chi connectivity index (χ1v) is 6.25. The average molecular weight is 263 g/mol. The fourth-order valence-corrected chi connectivity index (χ4v) is 1.64. The molecule has 102 valence electrons. The van der Waals surface area contributed by atoms with E-state index in [1.165, 1.54) is 0 Å². The van der Waals surface area contributed by atoms with Crippen molar-refractivity contribution in [1.82, 2.24) is 15.1 Å². The summed E-state index contributed by atoms with van der Waals surface area (Å²) in [7, 11) is 0. The Bertz CT molecular complexity index is 531. The van der Waals surface area contributed by atoms with E-state index in [2.05, 4.69) is 10.4 Å². The molecule has 0 spiro atoms. The molecule has 6 nitrogen and oxygen atoms in total. The third-order valence-corrected chi connectivity index (χ3v) is 2.58. The number of hydrogen-bond donors (Lipinski definition) is 1. The van der Waals surface area contributed by atoms with Gasteiger partial charge in [0.2, 0.25) is 5.88 Å². The number of hydrogen-bond acceptors (Lipinski definition) is 4. The molecule has 2 heterocycles. The molecular weight excluding hydrogens is 246 g/mol. The number of aromatic nitrogens is 2. The Morgan fingerprint density at radius 3 is 3.00 bits per heavy atom. The smallest absolute Gasteiger partial charge is 0.258 e. The number of ether oxygens (including phenoxy) is 1. The number of nitrogens with zero attached hydrogens (tertiary/aromatic N) is 2. The van der Waals surface area contributed by atoms with Gasteiger partial charge in [-0.15, -0.1) is 5.10 Å². The van der Waals surface area contributed by atoms with Crippen molar-refractivity contribution in [2.24, 2.45) is 0 Å². The number of rotatable bonds is 6. The standard InChI is InChI=1S/C13H17N3O3/c1-3-16-9-11(13(15-16)18-4-2)12(17)14-8-10-6-5-7-19-10/h5-7,9H,3-4,8H2,1-2H3,(H,14,17). The van der Waals surface area contributed by atoms with Gasteiger partial charge in [0.05, 0.1) is 19.4 Å². The van der Waals surface area contributed by atoms with Gasteiger partial charge in [0.1, 0.15) is 11.3 Å². The first-order chi connectivity index (χ1) is 9.24. The molecule has 0 aliphatic carbocycles. The Morgan fingerprint density at radius 2 is 2.37 bits per heavy atom. The zero-order valence-corrected chi connectivity index (χ0v) is 11.0. The number of aryl methyl sites for hydroxylation is 1. The summed E-state index contributed by atoms with van der Waals surface area (Å²) < 4.78 is 12.2.